The molecule has 48 heavy (non-hydrogen) atoms. The molecule has 0 unspecified atom stereocenters. The Balaban J connectivity index is 1.98. The number of carbonyl (C=O) groups excluding carboxylic acids is 2. The first-order chi connectivity index (χ1) is 23.1. The number of allylic oxidation sites excluding steroid dienone is 5. The highest BCUT2D eigenvalue weighted by atomic mass is 16.5. The Labute approximate surface area is 281 Å². The Hall–Kier alpha value is -5.23. The predicted molar refractivity (Wildman–Crippen MR) is 191 cm³/mol. The molecule has 2 N–H and O–H groups in total. The van der Waals surface area contributed by atoms with E-state index in [4.69, 9.17) is 19.4 Å². The molecule has 3 aromatic heterocycles. The van der Waals surface area contributed by atoms with E-state index in [2.05, 4.69) is 55.9 Å². The number of hydrogen-bond acceptors (Lipinski definition) is 7. The number of nitriles is 1. The first kappa shape index (κ1) is 34.1. The number of hydrogen-bond donors (Lipinski definition) is 2. The number of aromatic nitrogens is 4. The lowest BCUT2D eigenvalue weighted by Crippen LogP contribution is -2.02. The van der Waals surface area contributed by atoms with E-state index in [-0.39, 0.29) is 24.8 Å². The zero-order chi connectivity index (χ0) is 34.7. The zero-order valence-electron chi connectivity index (χ0n) is 29.1. The summed E-state index contributed by atoms with van der Waals surface area (Å²) in [7, 11) is 2.80. The minimum atomic E-state index is -0.286. The Morgan fingerprint density at radius 3 is 2.02 bits per heavy atom. The molecular weight excluding hydrogens is 602 g/mol. The molecule has 0 aromatic carbocycles. The fraction of sp³-hybridized carbons (Fsp3) is 0.359. The van der Waals surface area contributed by atoms with Gasteiger partial charge in [0.25, 0.3) is 0 Å². The second kappa shape index (κ2) is 14.3. The van der Waals surface area contributed by atoms with Crippen molar-refractivity contribution in [2.75, 3.05) is 14.2 Å². The van der Waals surface area contributed by atoms with Crippen molar-refractivity contribution in [1.29, 1.82) is 5.26 Å². The Morgan fingerprint density at radius 2 is 1.38 bits per heavy atom. The van der Waals surface area contributed by atoms with Crippen molar-refractivity contribution < 1.29 is 19.1 Å². The van der Waals surface area contributed by atoms with Gasteiger partial charge in [-0.15, -0.1) is 0 Å². The first-order valence-corrected chi connectivity index (χ1v) is 16.4. The van der Waals surface area contributed by atoms with Crippen LogP contribution in [-0.4, -0.2) is 46.1 Å². The Bertz CT molecular complexity index is 2120. The minimum absolute atomic E-state index is 0.223. The van der Waals surface area contributed by atoms with Crippen LogP contribution in [0.15, 0.2) is 24.3 Å². The van der Waals surface area contributed by atoms with Crippen LogP contribution < -0.4 is 0 Å². The van der Waals surface area contributed by atoms with Crippen molar-refractivity contribution >= 4 is 62.4 Å². The molecule has 0 atom stereocenters. The molecule has 0 saturated heterocycles. The van der Waals surface area contributed by atoms with E-state index in [1.165, 1.54) is 20.3 Å². The Kier molecular flexibility index (Phi) is 10.1. The molecule has 0 spiro atoms. The number of carbonyl (C=O) groups is 2. The maximum Gasteiger partial charge on any atom is 0.305 e. The number of aromatic amines is 2. The van der Waals surface area contributed by atoms with Crippen LogP contribution in [-0.2, 0) is 31.9 Å². The molecular formula is C39H43N5O4. The van der Waals surface area contributed by atoms with Crippen LogP contribution in [0.1, 0.15) is 104 Å². The minimum Gasteiger partial charge on any atom is -0.469 e. The molecule has 248 valence electrons. The summed E-state index contributed by atoms with van der Waals surface area (Å²) < 4.78 is 9.95. The van der Waals surface area contributed by atoms with Gasteiger partial charge >= 0.3 is 11.9 Å². The number of H-pyrrole nitrogens is 2. The monoisotopic (exact) mass is 645 g/mol. The molecule has 2 aliphatic heterocycles. The van der Waals surface area contributed by atoms with Gasteiger partial charge in [0.1, 0.15) is 0 Å². The summed E-state index contributed by atoms with van der Waals surface area (Å²) in [6.07, 6.45) is 6.31. The van der Waals surface area contributed by atoms with Crippen LogP contribution in [0.4, 0.5) is 0 Å². The number of aryl methyl sites for hydroxylation is 4. The van der Waals surface area contributed by atoms with Crippen LogP contribution in [0.2, 0.25) is 0 Å². The molecule has 0 saturated carbocycles. The second-order valence-corrected chi connectivity index (χ2v) is 12.2. The normalized spacial score (nSPS) is 13.0. The standard InChI is InChI=1S/C39H43N5O4/c1-9-25-24(6)38-29(12-11-17-40)39-26(10-2)21(3)32(43-39)18-30-22(4)27(13-15-36(45)47-7)34(41-30)20-35-28(14-16-37(46)48-8)23(5)31(42-35)19-33(25)44-38/h11-12,18-20,42-43H,9-10,13-16H2,1-8H3. The lowest BCUT2D eigenvalue weighted by molar-refractivity contribution is -0.141. The lowest BCUT2D eigenvalue weighted by Gasteiger charge is -2.04. The van der Waals surface area contributed by atoms with Gasteiger partial charge in [0.05, 0.1) is 48.6 Å². The zero-order valence-corrected chi connectivity index (χ0v) is 29.1. The topological polar surface area (TPSA) is 134 Å². The molecule has 5 rings (SSSR count). The van der Waals surface area contributed by atoms with Gasteiger partial charge in [0.2, 0.25) is 0 Å². The van der Waals surface area contributed by atoms with Gasteiger partial charge in [-0.2, -0.15) is 5.26 Å². The molecule has 8 bridgehead atoms. The van der Waals surface area contributed by atoms with Gasteiger partial charge in [-0.25, -0.2) is 9.97 Å². The molecule has 5 heterocycles. The summed E-state index contributed by atoms with van der Waals surface area (Å²) in [6.45, 7) is 12.5. The number of esters is 2. The van der Waals surface area contributed by atoms with Gasteiger partial charge in [-0.05, 0) is 122 Å². The number of fused-ring (bicyclic) bond motifs is 8. The van der Waals surface area contributed by atoms with E-state index in [0.717, 1.165) is 108 Å². The molecule has 3 aromatic rings. The van der Waals surface area contributed by atoms with E-state index < -0.39 is 0 Å². The van der Waals surface area contributed by atoms with Crippen molar-refractivity contribution in [3.63, 3.8) is 0 Å². The molecule has 9 heteroatoms. The molecule has 0 aliphatic carbocycles. The van der Waals surface area contributed by atoms with Crippen LogP contribution in [0.25, 0.3) is 50.4 Å². The summed E-state index contributed by atoms with van der Waals surface area (Å²) in [5, 5.41) is 9.58. The van der Waals surface area contributed by atoms with Gasteiger partial charge in [0, 0.05) is 41.0 Å². The van der Waals surface area contributed by atoms with E-state index >= 15 is 0 Å². The fourth-order valence-electron chi connectivity index (χ4n) is 6.85. The number of rotatable bonds is 9. The van der Waals surface area contributed by atoms with E-state index in [0.29, 0.717) is 12.8 Å². The van der Waals surface area contributed by atoms with Gasteiger partial charge in [-0.1, -0.05) is 13.8 Å². The summed E-state index contributed by atoms with van der Waals surface area (Å²) in [4.78, 5) is 42.2. The summed E-state index contributed by atoms with van der Waals surface area (Å²) in [5.41, 5.74) is 16.1. The molecule has 0 fully saturated rings. The third-order valence-electron chi connectivity index (χ3n) is 9.62. The quantitative estimate of drug-likeness (QED) is 0.176. The average Bonchev–Trinajstić information content (AvgIpc) is 3.75. The van der Waals surface area contributed by atoms with Crippen molar-refractivity contribution in [1.82, 2.24) is 19.9 Å². The van der Waals surface area contributed by atoms with E-state index in [1.807, 2.05) is 26.0 Å². The van der Waals surface area contributed by atoms with E-state index in [9.17, 15) is 14.9 Å². The van der Waals surface area contributed by atoms with E-state index in [1.54, 1.807) is 0 Å². The number of methoxy groups -OCH3 is 2. The number of ether oxygens (including phenoxy) is 2. The van der Waals surface area contributed by atoms with Crippen LogP contribution in [0.5, 0.6) is 0 Å². The number of nitrogens with one attached hydrogen (secondary N) is 2. The summed E-state index contributed by atoms with van der Waals surface area (Å²) in [5.74, 6) is -0.568. The highest BCUT2D eigenvalue weighted by Gasteiger charge is 2.23. The summed E-state index contributed by atoms with van der Waals surface area (Å²) in [6, 6.07) is 8.34. The van der Waals surface area contributed by atoms with Crippen LogP contribution in [0.3, 0.4) is 0 Å². The maximum absolute atomic E-state index is 12.3. The van der Waals surface area contributed by atoms with Crippen LogP contribution >= 0.6 is 0 Å². The highest BCUT2D eigenvalue weighted by molar-refractivity contribution is 5.98. The molecule has 0 amide bonds. The first-order valence-electron chi connectivity index (χ1n) is 16.4. The highest BCUT2D eigenvalue weighted by Crippen LogP contribution is 2.38. The van der Waals surface area contributed by atoms with Crippen molar-refractivity contribution in [3.05, 3.63) is 74.9 Å². The predicted octanol–water partition coefficient (Wildman–Crippen LogP) is 8.36. The molecule has 0 radical (unpaired) electrons. The van der Waals surface area contributed by atoms with Gasteiger partial charge < -0.3 is 19.4 Å². The third kappa shape index (κ3) is 6.35. The van der Waals surface area contributed by atoms with Gasteiger partial charge in [-0.3, -0.25) is 9.59 Å². The average molecular weight is 646 g/mol. The SMILES string of the molecule is CCC1=C(C)c2nc1cc1[nH]c(cc3nc(cc4[nH]c(c2C=CC#N)c(CC)c4C)C(C)=C3CCC(=O)OC)c(CCC(=O)OC)c1C. The fourth-order valence-corrected chi connectivity index (χ4v) is 6.85. The number of nitrogens with zero attached hydrogens (tertiary/aromatic N) is 3. The largest absolute Gasteiger partial charge is 0.469 e. The molecule has 2 aliphatic rings. The van der Waals surface area contributed by atoms with Crippen molar-refractivity contribution in [2.45, 2.75) is 80.1 Å². The maximum atomic E-state index is 12.3. The van der Waals surface area contributed by atoms with Crippen molar-refractivity contribution in [2.24, 2.45) is 0 Å². The smallest absolute Gasteiger partial charge is 0.305 e. The van der Waals surface area contributed by atoms with Gasteiger partial charge in [0.15, 0.2) is 0 Å². The Morgan fingerprint density at radius 1 is 0.771 bits per heavy atom. The second-order valence-electron chi connectivity index (χ2n) is 12.2. The lowest BCUT2D eigenvalue weighted by atomic mass is 9.99. The van der Waals surface area contributed by atoms with Crippen molar-refractivity contribution in [3.8, 4) is 6.07 Å². The third-order valence-corrected chi connectivity index (χ3v) is 9.62. The van der Waals surface area contributed by atoms with Crippen LogP contribution in [0, 0.1) is 25.2 Å². The summed E-state index contributed by atoms with van der Waals surface area (Å²) >= 11 is 0. The molecule has 9 nitrogen and oxygen atoms in total.